The third kappa shape index (κ3) is 4.10. The molecule has 2 amide bonds. The maximum absolute atomic E-state index is 13.3. The smallest absolute Gasteiger partial charge is 0.263 e. The Bertz CT molecular complexity index is 1320. The van der Waals surface area contributed by atoms with Crippen molar-refractivity contribution in [2.45, 2.75) is 38.6 Å². The minimum Gasteiger partial charge on any atom is -0.493 e. The lowest BCUT2D eigenvalue weighted by Crippen LogP contribution is -2.39. The third-order valence-corrected chi connectivity index (χ3v) is 5.73. The zero-order chi connectivity index (χ0) is 25.4. The van der Waals surface area contributed by atoms with Crippen LogP contribution in [0.1, 0.15) is 19.7 Å². The zero-order valence-corrected chi connectivity index (χ0v) is 20.1. The number of amides is 2. The van der Waals surface area contributed by atoms with Crippen molar-refractivity contribution in [3.05, 3.63) is 48.4 Å². The summed E-state index contributed by atoms with van der Waals surface area (Å²) in [6.45, 7) is 3.93. The first-order valence-corrected chi connectivity index (χ1v) is 11.3. The van der Waals surface area contributed by atoms with Gasteiger partial charge < -0.3 is 18.7 Å². The number of hydrogen-bond acceptors (Lipinski definition) is 11. The van der Waals surface area contributed by atoms with E-state index in [0.29, 0.717) is 23.0 Å². The molecular weight excluding hydrogens is 468 g/mol. The average molecular weight is 492 g/mol. The van der Waals surface area contributed by atoms with Crippen LogP contribution in [0.3, 0.4) is 0 Å². The molecule has 3 aromatic rings. The van der Waals surface area contributed by atoms with Crippen molar-refractivity contribution in [1.29, 1.82) is 0 Å². The Labute approximate surface area is 206 Å². The number of benzene rings is 2. The summed E-state index contributed by atoms with van der Waals surface area (Å²) in [6.07, 6.45) is 0.0685. The molecule has 186 valence electrons. The molecular formula is C24H24N6O6. The van der Waals surface area contributed by atoms with E-state index < -0.39 is 23.9 Å². The van der Waals surface area contributed by atoms with Crippen LogP contribution in [0, 0.1) is 0 Å². The summed E-state index contributed by atoms with van der Waals surface area (Å²) in [6, 6.07) is 10.3. The number of hydrogen-bond donors (Lipinski definition) is 0. The predicted molar refractivity (Wildman–Crippen MR) is 126 cm³/mol. The number of rotatable bonds is 8. The van der Waals surface area contributed by atoms with Gasteiger partial charge in [0.25, 0.3) is 11.8 Å². The van der Waals surface area contributed by atoms with E-state index in [9.17, 15) is 9.59 Å². The van der Waals surface area contributed by atoms with Gasteiger partial charge in [-0.15, -0.1) is 0 Å². The molecule has 3 heterocycles. The van der Waals surface area contributed by atoms with E-state index in [1.807, 2.05) is 38.1 Å². The molecule has 0 aliphatic carbocycles. The van der Waals surface area contributed by atoms with Gasteiger partial charge in [0.05, 0.1) is 26.0 Å². The molecule has 2 atom stereocenters. The molecule has 2 aliphatic heterocycles. The van der Waals surface area contributed by atoms with Gasteiger partial charge in [0.2, 0.25) is 11.7 Å². The van der Waals surface area contributed by atoms with Crippen LogP contribution in [0.5, 0.6) is 17.2 Å². The summed E-state index contributed by atoms with van der Waals surface area (Å²) in [5.74, 6) is 1.31. The van der Waals surface area contributed by atoms with Crippen LogP contribution in [0.25, 0.3) is 11.4 Å². The van der Waals surface area contributed by atoms with Crippen molar-refractivity contribution in [2.24, 2.45) is 10.3 Å². The number of ether oxygens (including phenoxy) is 3. The van der Waals surface area contributed by atoms with Gasteiger partial charge in [-0.25, -0.2) is 4.90 Å². The van der Waals surface area contributed by atoms with Gasteiger partial charge in [0, 0.05) is 11.6 Å². The number of anilines is 1. The van der Waals surface area contributed by atoms with Crippen molar-refractivity contribution in [3.63, 3.8) is 0 Å². The number of imide groups is 1. The topological polar surface area (TPSA) is 132 Å². The fraction of sp³-hybridized carbons (Fsp3) is 0.333. The number of methoxy groups -OCH3 is 2. The Morgan fingerprint density at radius 3 is 2.44 bits per heavy atom. The van der Waals surface area contributed by atoms with E-state index >= 15 is 0 Å². The minimum absolute atomic E-state index is 0.0189. The van der Waals surface area contributed by atoms with Crippen molar-refractivity contribution < 1.29 is 28.3 Å². The fourth-order valence-corrected chi connectivity index (χ4v) is 4.10. The van der Waals surface area contributed by atoms with Gasteiger partial charge >= 0.3 is 0 Å². The molecule has 1 saturated heterocycles. The summed E-state index contributed by atoms with van der Waals surface area (Å²) in [7, 11) is 2.98. The van der Waals surface area contributed by atoms with Gasteiger partial charge in [-0.1, -0.05) is 10.4 Å². The molecule has 2 aliphatic rings. The standard InChI is InChI=1S/C24H24N6O6/c1-13(2)35-16-8-5-14(6-9-16)22-25-19(36-27-22)12-29-21-20(26-28-29)23(31)30(24(21)32)15-7-10-17(33-3)18(11-15)34-4/h5-11,13,20-21H,12H2,1-4H3/t20-,21-/m0/s1. The van der Waals surface area contributed by atoms with Crippen LogP contribution in [0.2, 0.25) is 0 Å². The van der Waals surface area contributed by atoms with E-state index in [4.69, 9.17) is 18.7 Å². The molecule has 0 unspecified atom stereocenters. The summed E-state index contributed by atoms with van der Waals surface area (Å²) in [5, 5.41) is 13.5. The van der Waals surface area contributed by atoms with Crippen molar-refractivity contribution in [2.75, 3.05) is 19.1 Å². The molecule has 0 radical (unpaired) electrons. The van der Waals surface area contributed by atoms with Crippen LogP contribution in [-0.2, 0) is 16.1 Å². The zero-order valence-electron chi connectivity index (χ0n) is 20.1. The number of nitrogens with zero attached hydrogens (tertiary/aromatic N) is 6. The Kier molecular flexibility index (Phi) is 6.00. The van der Waals surface area contributed by atoms with Crippen LogP contribution < -0.4 is 19.1 Å². The second-order valence-corrected chi connectivity index (χ2v) is 8.45. The highest BCUT2D eigenvalue weighted by atomic mass is 16.5. The lowest BCUT2D eigenvalue weighted by Gasteiger charge is -2.20. The Morgan fingerprint density at radius 1 is 1.00 bits per heavy atom. The monoisotopic (exact) mass is 492 g/mol. The van der Waals surface area contributed by atoms with Crippen LogP contribution >= 0.6 is 0 Å². The van der Waals surface area contributed by atoms with Gasteiger partial charge in [-0.2, -0.15) is 10.1 Å². The van der Waals surface area contributed by atoms with Gasteiger partial charge in [-0.05, 0) is 50.2 Å². The molecule has 0 N–H and O–H groups in total. The largest absolute Gasteiger partial charge is 0.493 e. The number of aromatic nitrogens is 2. The van der Waals surface area contributed by atoms with Crippen molar-refractivity contribution in [1.82, 2.24) is 15.1 Å². The Balaban J connectivity index is 1.32. The van der Waals surface area contributed by atoms with Gasteiger partial charge in [-0.3, -0.25) is 14.6 Å². The molecule has 0 spiro atoms. The second kappa shape index (κ2) is 9.29. The number of carbonyl (C=O) groups is 2. The Morgan fingerprint density at radius 2 is 1.75 bits per heavy atom. The summed E-state index contributed by atoms with van der Waals surface area (Å²) in [4.78, 5) is 31.8. The second-order valence-electron chi connectivity index (χ2n) is 8.45. The van der Waals surface area contributed by atoms with Crippen molar-refractivity contribution in [3.8, 4) is 28.6 Å². The molecule has 12 nitrogen and oxygen atoms in total. The molecule has 1 aromatic heterocycles. The van der Waals surface area contributed by atoms with Gasteiger partial charge in [0.1, 0.15) is 12.3 Å². The predicted octanol–water partition coefficient (Wildman–Crippen LogP) is 3.03. The lowest BCUT2D eigenvalue weighted by atomic mass is 10.1. The first-order chi connectivity index (χ1) is 17.4. The molecule has 1 fully saturated rings. The normalized spacial score (nSPS) is 18.8. The van der Waals surface area contributed by atoms with Crippen LogP contribution in [0.4, 0.5) is 5.69 Å². The lowest BCUT2D eigenvalue weighted by molar-refractivity contribution is -0.123. The van der Waals surface area contributed by atoms with Crippen molar-refractivity contribution >= 4 is 17.5 Å². The maximum atomic E-state index is 13.3. The van der Waals surface area contributed by atoms with E-state index in [0.717, 1.165) is 16.2 Å². The molecule has 2 aromatic carbocycles. The van der Waals surface area contributed by atoms with Gasteiger partial charge in [0.15, 0.2) is 23.6 Å². The highest BCUT2D eigenvalue weighted by Crippen LogP contribution is 2.37. The van der Waals surface area contributed by atoms with E-state index in [2.05, 4.69) is 20.5 Å². The highest BCUT2D eigenvalue weighted by Gasteiger charge is 2.55. The summed E-state index contributed by atoms with van der Waals surface area (Å²) in [5.41, 5.74) is 1.10. The fourth-order valence-electron chi connectivity index (χ4n) is 4.10. The first-order valence-electron chi connectivity index (χ1n) is 11.3. The van der Waals surface area contributed by atoms with Crippen LogP contribution in [0.15, 0.2) is 57.3 Å². The summed E-state index contributed by atoms with van der Waals surface area (Å²) >= 11 is 0. The molecule has 0 saturated carbocycles. The van der Waals surface area contributed by atoms with E-state index in [1.54, 1.807) is 18.2 Å². The van der Waals surface area contributed by atoms with E-state index in [1.165, 1.54) is 19.2 Å². The minimum atomic E-state index is -0.957. The molecule has 36 heavy (non-hydrogen) atoms. The molecule has 5 rings (SSSR count). The third-order valence-electron chi connectivity index (χ3n) is 5.73. The Hall–Kier alpha value is -4.48. The quantitative estimate of drug-likeness (QED) is 0.435. The average Bonchev–Trinajstić information content (AvgIpc) is 3.57. The number of carbonyl (C=O) groups excluding carboxylic acids is 2. The molecule has 12 heteroatoms. The number of fused-ring (bicyclic) bond motifs is 1. The molecule has 0 bridgehead atoms. The van der Waals surface area contributed by atoms with E-state index in [-0.39, 0.29) is 18.5 Å². The van der Waals surface area contributed by atoms with Crippen LogP contribution in [-0.4, -0.2) is 59.4 Å². The first kappa shape index (κ1) is 23.3. The highest BCUT2D eigenvalue weighted by molar-refractivity contribution is 6.25. The summed E-state index contributed by atoms with van der Waals surface area (Å²) < 4.78 is 21.6. The maximum Gasteiger partial charge on any atom is 0.263 e. The SMILES string of the molecule is COc1ccc(N2C(=O)[C@H]3N=NN(Cc4nc(-c5ccc(OC(C)C)cc5)no4)[C@@H]3C2=O)cc1OC.